The van der Waals surface area contributed by atoms with Crippen LogP contribution < -0.4 is 5.32 Å². The van der Waals surface area contributed by atoms with Crippen LogP contribution in [0.15, 0.2) is 29.3 Å². The molecule has 1 radical (unpaired) electrons. The molecule has 1 aliphatic rings. The van der Waals surface area contributed by atoms with Gasteiger partial charge in [0.1, 0.15) is 4.99 Å². The maximum atomic E-state index is 4.87. The Labute approximate surface area is 70.0 Å². The number of rotatable bonds is 0. The summed E-state index contributed by atoms with van der Waals surface area (Å²) in [5, 5.41) is 4.13. The first kappa shape index (κ1) is 6.49. The lowest BCUT2D eigenvalue weighted by Crippen LogP contribution is -2.11. The van der Waals surface area contributed by atoms with Crippen molar-refractivity contribution in [2.24, 2.45) is 4.99 Å². The second kappa shape index (κ2) is 2.43. The summed E-state index contributed by atoms with van der Waals surface area (Å²) in [6.45, 7) is 0. The normalized spacial score (nSPS) is 14.0. The molecule has 11 heavy (non-hydrogen) atoms. The Morgan fingerprint density at radius 3 is 2.64 bits per heavy atom. The zero-order valence-electron chi connectivity index (χ0n) is 5.69. The summed E-state index contributed by atoms with van der Waals surface area (Å²) in [4.78, 5) is 4.66. The minimum Gasteiger partial charge on any atom is -0.251 e. The van der Waals surface area contributed by atoms with Crippen LogP contribution in [0.2, 0.25) is 0 Å². The van der Waals surface area contributed by atoms with E-state index in [0.717, 1.165) is 11.4 Å². The number of nitrogens with zero attached hydrogens (tertiary/aromatic N) is 2. The fourth-order valence-electron chi connectivity index (χ4n) is 0.940. The number of hydrogen-bond acceptors (Lipinski definition) is 2. The molecule has 53 valence electrons. The topological polar surface area (TPSA) is 26.5 Å². The van der Waals surface area contributed by atoms with Crippen molar-refractivity contribution in [1.29, 1.82) is 0 Å². The Kier molecular flexibility index (Phi) is 1.43. The van der Waals surface area contributed by atoms with E-state index in [4.69, 9.17) is 12.2 Å². The van der Waals surface area contributed by atoms with Gasteiger partial charge in [-0.2, -0.15) is 0 Å². The Bertz CT molecular complexity index is 331. The molecule has 0 saturated carbocycles. The van der Waals surface area contributed by atoms with Gasteiger partial charge in [-0.25, -0.2) is 5.32 Å². The first-order chi connectivity index (χ1) is 5.36. The second-order valence-electron chi connectivity index (χ2n) is 2.20. The van der Waals surface area contributed by atoms with Crippen LogP contribution in [0.25, 0.3) is 0 Å². The number of aliphatic imine (C=N–C) groups is 1. The highest BCUT2D eigenvalue weighted by Gasteiger charge is 2.07. The van der Waals surface area contributed by atoms with Gasteiger partial charge in [0.2, 0.25) is 0 Å². The van der Waals surface area contributed by atoms with E-state index >= 15 is 0 Å². The van der Waals surface area contributed by atoms with E-state index in [0.29, 0.717) is 4.99 Å². The molecule has 0 bridgehead atoms. The molecule has 1 aromatic rings. The van der Waals surface area contributed by atoms with Gasteiger partial charge in [0.25, 0.3) is 0 Å². The van der Waals surface area contributed by atoms with Crippen LogP contribution in [0, 0.1) is 0 Å². The van der Waals surface area contributed by atoms with E-state index in [1.807, 2.05) is 24.3 Å². The first-order valence-electron chi connectivity index (χ1n) is 3.25. The third kappa shape index (κ3) is 1.14. The van der Waals surface area contributed by atoms with Crippen molar-refractivity contribution < 1.29 is 0 Å². The molecular weight excluding hydrogens is 156 g/mol. The van der Waals surface area contributed by atoms with E-state index in [1.165, 1.54) is 0 Å². The van der Waals surface area contributed by atoms with Gasteiger partial charge < -0.3 is 0 Å². The van der Waals surface area contributed by atoms with E-state index in [-0.39, 0.29) is 0 Å². The van der Waals surface area contributed by atoms with Crippen LogP contribution in [0.5, 0.6) is 0 Å². The molecule has 0 N–H and O–H groups in total. The van der Waals surface area contributed by atoms with E-state index in [9.17, 15) is 0 Å². The molecule has 3 heteroatoms. The highest BCUT2D eigenvalue weighted by atomic mass is 32.1. The minimum atomic E-state index is 0.545. The molecular formula is C8H5N2S. The van der Waals surface area contributed by atoms with Crippen LogP contribution in [0.3, 0.4) is 0 Å². The number of para-hydroxylation sites is 2. The average molecular weight is 161 g/mol. The van der Waals surface area contributed by atoms with Crippen molar-refractivity contribution in [2.75, 3.05) is 0 Å². The lowest BCUT2D eigenvalue weighted by atomic mass is 10.2. The lowest BCUT2D eigenvalue weighted by molar-refractivity contribution is 1.27. The smallest absolute Gasteiger partial charge is 0.145 e. The summed E-state index contributed by atoms with van der Waals surface area (Å²) in [5.74, 6) is 0. The largest absolute Gasteiger partial charge is 0.251 e. The Morgan fingerprint density at radius 2 is 1.82 bits per heavy atom. The third-order valence-corrected chi connectivity index (χ3v) is 1.62. The molecule has 0 saturated heterocycles. The van der Waals surface area contributed by atoms with Gasteiger partial charge in [-0.05, 0) is 12.1 Å². The zero-order chi connectivity index (χ0) is 7.68. The highest BCUT2D eigenvalue weighted by Crippen LogP contribution is 2.26. The molecule has 0 fully saturated rings. The molecule has 0 unspecified atom stereocenters. The summed E-state index contributed by atoms with van der Waals surface area (Å²) < 4.78 is 0. The fourth-order valence-corrected chi connectivity index (χ4v) is 1.09. The van der Waals surface area contributed by atoms with Gasteiger partial charge in [0, 0.05) is 0 Å². The average Bonchev–Trinajstić information content (AvgIpc) is 2.04. The van der Waals surface area contributed by atoms with Crippen molar-refractivity contribution in [3.8, 4) is 0 Å². The number of fused-ring (bicyclic) bond motifs is 1. The minimum absolute atomic E-state index is 0.545. The van der Waals surface area contributed by atoms with Crippen molar-refractivity contribution in [1.82, 2.24) is 5.32 Å². The number of benzene rings is 1. The van der Waals surface area contributed by atoms with Gasteiger partial charge in [-0.3, -0.25) is 4.99 Å². The number of thiocarbonyl (C=S) groups is 1. The molecule has 0 aromatic heterocycles. The van der Waals surface area contributed by atoms with Crippen molar-refractivity contribution in [3.05, 3.63) is 24.3 Å². The van der Waals surface area contributed by atoms with Crippen LogP contribution in [-0.2, 0) is 0 Å². The summed E-state index contributed by atoms with van der Waals surface area (Å²) in [6.07, 6.45) is 1.59. The molecule has 0 amide bonds. The Hall–Kier alpha value is -1.22. The summed E-state index contributed by atoms with van der Waals surface area (Å²) in [6, 6.07) is 7.67. The van der Waals surface area contributed by atoms with Crippen LogP contribution in [0.4, 0.5) is 11.4 Å². The maximum absolute atomic E-state index is 4.87. The van der Waals surface area contributed by atoms with Gasteiger partial charge in [-0.1, -0.05) is 24.4 Å². The molecule has 1 heterocycles. The Morgan fingerprint density at radius 1 is 1.09 bits per heavy atom. The molecule has 2 rings (SSSR count). The van der Waals surface area contributed by atoms with E-state index in [2.05, 4.69) is 10.3 Å². The van der Waals surface area contributed by atoms with Crippen molar-refractivity contribution in [2.45, 2.75) is 0 Å². The zero-order valence-corrected chi connectivity index (χ0v) is 6.51. The first-order valence-corrected chi connectivity index (χ1v) is 3.66. The van der Waals surface area contributed by atoms with Crippen LogP contribution in [-0.4, -0.2) is 11.2 Å². The quantitative estimate of drug-likeness (QED) is 0.534. The van der Waals surface area contributed by atoms with Crippen LogP contribution >= 0.6 is 12.2 Å². The molecule has 0 spiro atoms. The van der Waals surface area contributed by atoms with Gasteiger partial charge in [0.05, 0.1) is 17.6 Å². The van der Waals surface area contributed by atoms with E-state index in [1.54, 1.807) is 6.21 Å². The van der Waals surface area contributed by atoms with E-state index < -0.39 is 0 Å². The number of hydrogen-bond donors (Lipinski definition) is 0. The lowest BCUT2D eigenvalue weighted by Gasteiger charge is -2.08. The summed E-state index contributed by atoms with van der Waals surface area (Å²) in [5.41, 5.74) is 1.75. The molecule has 0 aliphatic carbocycles. The molecule has 0 atom stereocenters. The predicted octanol–water partition coefficient (Wildman–Crippen LogP) is 1.97. The standard InChI is InChI=1S/C8H5N2S/c11-8-5-9-6-3-1-2-4-7(6)10-8/h1-5H. The highest BCUT2D eigenvalue weighted by molar-refractivity contribution is 7.81. The molecule has 1 aliphatic heterocycles. The molecule has 1 aromatic carbocycles. The monoisotopic (exact) mass is 161 g/mol. The fraction of sp³-hybridized carbons (Fsp3) is 0. The second-order valence-corrected chi connectivity index (χ2v) is 2.62. The van der Waals surface area contributed by atoms with Crippen molar-refractivity contribution in [3.63, 3.8) is 0 Å². The van der Waals surface area contributed by atoms with Gasteiger partial charge in [-0.15, -0.1) is 0 Å². The SMILES string of the molecule is S=C1C=Nc2ccccc2[N]1. The van der Waals surface area contributed by atoms with Gasteiger partial charge in [0.15, 0.2) is 0 Å². The Balaban J connectivity index is 2.54. The predicted molar refractivity (Wildman–Crippen MR) is 49.0 cm³/mol. The summed E-state index contributed by atoms with van der Waals surface area (Å²) in [7, 11) is 0. The van der Waals surface area contributed by atoms with Crippen LogP contribution in [0.1, 0.15) is 0 Å². The van der Waals surface area contributed by atoms with Crippen molar-refractivity contribution >= 4 is 34.8 Å². The van der Waals surface area contributed by atoms with Gasteiger partial charge >= 0.3 is 0 Å². The summed E-state index contributed by atoms with van der Waals surface area (Å²) >= 11 is 4.87. The molecule has 2 nitrogen and oxygen atoms in total. The third-order valence-electron chi connectivity index (χ3n) is 1.43. The maximum Gasteiger partial charge on any atom is 0.145 e.